The maximum absolute atomic E-state index is 12.4. The van der Waals surface area contributed by atoms with Gasteiger partial charge in [0.15, 0.2) is 0 Å². The van der Waals surface area contributed by atoms with Gasteiger partial charge in [0.2, 0.25) is 5.91 Å². The lowest BCUT2D eigenvalue weighted by Gasteiger charge is -2.22. The molecule has 20 heavy (non-hydrogen) atoms. The number of benzene rings is 1. The Bertz CT molecular complexity index is 540. The fourth-order valence-electron chi connectivity index (χ4n) is 2.82. The molecule has 2 aliphatic rings. The molecular weight excluding hydrogens is 256 g/mol. The number of fused-ring (bicyclic) bond motifs is 1. The molecule has 1 aliphatic carbocycles. The van der Waals surface area contributed by atoms with Crippen molar-refractivity contribution in [2.75, 3.05) is 18.4 Å². The number of amides is 1. The van der Waals surface area contributed by atoms with E-state index in [-0.39, 0.29) is 24.4 Å². The third-order valence-corrected chi connectivity index (χ3v) is 3.97. The Balaban J connectivity index is 1.68. The third-order valence-electron chi connectivity index (χ3n) is 3.97. The van der Waals surface area contributed by atoms with Gasteiger partial charge in [0, 0.05) is 30.6 Å². The number of nitrogens with zero attached hydrogens (tertiary/aromatic N) is 1. The maximum atomic E-state index is 12.4. The van der Waals surface area contributed by atoms with Crippen LogP contribution in [0.5, 0.6) is 0 Å². The zero-order chi connectivity index (χ0) is 14.1. The van der Waals surface area contributed by atoms with Crippen LogP contribution in [0.15, 0.2) is 24.3 Å². The number of hydrogen-bond acceptors (Lipinski definition) is 3. The zero-order valence-electron chi connectivity index (χ0n) is 11.2. The predicted molar refractivity (Wildman–Crippen MR) is 74.7 cm³/mol. The second-order valence-electron chi connectivity index (χ2n) is 5.52. The van der Waals surface area contributed by atoms with E-state index in [1.54, 1.807) is 0 Å². The highest BCUT2D eigenvalue weighted by Gasteiger charge is 2.35. The Morgan fingerprint density at radius 2 is 2.05 bits per heavy atom. The number of hydrogen-bond donors (Lipinski definition) is 2. The van der Waals surface area contributed by atoms with Crippen LogP contribution in [-0.2, 0) is 9.59 Å². The highest BCUT2D eigenvalue weighted by molar-refractivity contribution is 5.83. The van der Waals surface area contributed by atoms with Gasteiger partial charge in [0.1, 0.15) is 6.54 Å². The van der Waals surface area contributed by atoms with Crippen molar-refractivity contribution >= 4 is 17.6 Å². The van der Waals surface area contributed by atoms with E-state index in [1.807, 2.05) is 24.3 Å². The van der Waals surface area contributed by atoms with E-state index in [9.17, 15) is 9.59 Å². The first-order valence-corrected chi connectivity index (χ1v) is 6.99. The molecule has 106 valence electrons. The molecule has 1 amide bonds. The minimum atomic E-state index is -0.935. The summed E-state index contributed by atoms with van der Waals surface area (Å²) < 4.78 is 0. The van der Waals surface area contributed by atoms with Gasteiger partial charge in [-0.25, -0.2) is 0 Å². The molecule has 1 fully saturated rings. The van der Waals surface area contributed by atoms with Gasteiger partial charge >= 0.3 is 5.97 Å². The summed E-state index contributed by atoms with van der Waals surface area (Å²) in [6, 6.07) is 8.13. The minimum Gasteiger partial charge on any atom is -0.480 e. The summed E-state index contributed by atoms with van der Waals surface area (Å²) in [5, 5.41) is 12.2. The normalized spacial score (nSPS) is 20.1. The number of nitrogens with one attached hydrogen (secondary N) is 1. The van der Waals surface area contributed by atoms with E-state index >= 15 is 0 Å². The lowest BCUT2D eigenvalue weighted by Crippen LogP contribution is -2.38. The van der Waals surface area contributed by atoms with Crippen molar-refractivity contribution in [3.8, 4) is 0 Å². The van der Waals surface area contributed by atoms with Crippen LogP contribution in [0.3, 0.4) is 0 Å². The standard InChI is InChI=1S/C15H18N2O3/c18-14(17(9-15(19)20)11-5-6-11)7-10-8-16-13-4-2-1-3-12(10)13/h1-4,10-11,16H,5-9H2,(H,19,20). The summed E-state index contributed by atoms with van der Waals surface area (Å²) >= 11 is 0. The molecule has 1 aromatic carbocycles. The third kappa shape index (κ3) is 2.61. The highest BCUT2D eigenvalue weighted by atomic mass is 16.4. The lowest BCUT2D eigenvalue weighted by molar-refractivity contribution is -0.145. The van der Waals surface area contributed by atoms with Crippen LogP contribution in [0.4, 0.5) is 5.69 Å². The molecule has 1 aliphatic heterocycles. The molecule has 1 unspecified atom stereocenters. The van der Waals surface area contributed by atoms with E-state index in [0.29, 0.717) is 6.42 Å². The number of carboxylic acid groups (broad SMARTS) is 1. The molecule has 5 heteroatoms. The molecule has 0 aromatic heterocycles. The van der Waals surface area contributed by atoms with Crippen molar-refractivity contribution in [2.45, 2.75) is 31.2 Å². The summed E-state index contributed by atoms with van der Waals surface area (Å²) in [7, 11) is 0. The number of carbonyl (C=O) groups excluding carboxylic acids is 1. The van der Waals surface area contributed by atoms with Gasteiger partial charge < -0.3 is 15.3 Å². The van der Waals surface area contributed by atoms with Crippen molar-refractivity contribution in [1.82, 2.24) is 4.90 Å². The van der Waals surface area contributed by atoms with Gasteiger partial charge in [-0.1, -0.05) is 18.2 Å². The van der Waals surface area contributed by atoms with E-state index < -0.39 is 5.97 Å². The quantitative estimate of drug-likeness (QED) is 0.856. The van der Waals surface area contributed by atoms with E-state index in [2.05, 4.69) is 5.32 Å². The Hall–Kier alpha value is -2.04. The Morgan fingerprint density at radius 3 is 2.75 bits per heavy atom. The van der Waals surface area contributed by atoms with Gasteiger partial charge in [-0.15, -0.1) is 0 Å². The monoisotopic (exact) mass is 274 g/mol. The average molecular weight is 274 g/mol. The number of anilines is 1. The van der Waals surface area contributed by atoms with Crippen molar-refractivity contribution < 1.29 is 14.7 Å². The molecule has 0 saturated heterocycles. The van der Waals surface area contributed by atoms with Crippen LogP contribution < -0.4 is 5.32 Å². The van der Waals surface area contributed by atoms with Gasteiger partial charge in [-0.2, -0.15) is 0 Å². The summed E-state index contributed by atoms with van der Waals surface area (Å²) in [6.45, 7) is 0.571. The van der Waals surface area contributed by atoms with Crippen LogP contribution in [0.25, 0.3) is 0 Å². The Kier molecular flexibility index (Phi) is 3.34. The topological polar surface area (TPSA) is 69.6 Å². The van der Waals surface area contributed by atoms with Crippen LogP contribution >= 0.6 is 0 Å². The molecule has 1 atom stereocenters. The fourth-order valence-corrected chi connectivity index (χ4v) is 2.82. The summed E-state index contributed by atoms with van der Waals surface area (Å²) in [5.74, 6) is -0.831. The minimum absolute atomic E-state index is 0.0431. The molecular formula is C15H18N2O3. The highest BCUT2D eigenvalue weighted by Crippen LogP contribution is 2.35. The van der Waals surface area contributed by atoms with Gasteiger partial charge in [0.25, 0.3) is 0 Å². The van der Waals surface area contributed by atoms with Crippen molar-refractivity contribution in [3.05, 3.63) is 29.8 Å². The molecule has 0 spiro atoms. The summed E-state index contributed by atoms with van der Waals surface area (Å²) in [4.78, 5) is 24.8. The SMILES string of the molecule is O=C(O)CN(C(=O)CC1CNc2ccccc21)C1CC1. The van der Waals surface area contributed by atoms with Crippen LogP contribution in [0, 0.1) is 0 Å². The molecule has 1 aromatic rings. The van der Waals surface area contributed by atoms with Crippen LogP contribution in [0.2, 0.25) is 0 Å². The fraction of sp³-hybridized carbons (Fsp3) is 0.467. The first-order chi connectivity index (χ1) is 9.65. The largest absolute Gasteiger partial charge is 0.480 e. The number of aliphatic carboxylic acids is 1. The molecule has 5 nitrogen and oxygen atoms in total. The van der Waals surface area contributed by atoms with Gasteiger partial charge in [-0.05, 0) is 24.5 Å². The van der Waals surface area contributed by atoms with E-state index in [0.717, 1.165) is 30.6 Å². The van der Waals surface area contributed by atoms with Crippen molar-refractivity contribution in [1.29, 1.82) is 0 Å². The van der Waals surface area contributed by atoms with Crippen molar-refractivity contribution in [3.63, 3.8) is 0 Å². The number of carbonyl (C=O) groups is 2. The molecule has 2 N–H and O–H groups in total. The number of carboxylic acids is 1. The lowest BCUT2D eigenvalue weighted by atomic mass is 9.97. The number of rotatable bonds is 5. The Labute approximate surface area is 117 Å². The predicted octanol–water partition coefficient (Wildman–Crippen LogP) is 1.66. The molecule has 0 radical (unpaired) electrons. The molecule has 1 saturated carbocycles. The number of para-hydroxylation sites is 1. The van der Waals surface area contributed by atoms with Gasteiger partial charge in [0.05, 0.1) is 0 Å². The van der Waals surface area contributed by atoms with Crippen molar-refractivity contribution in [2.24, 2.45) is 0 Å². The molecule has 1 heterocycles. The van der Waals surface area contributed by atoms with Crippen LogP contribution in [0.1, 0.15) is 30.7 Å². The zero-order valence-corrected chi connectivity index (χ0v) is 11.2. The first kappa shape index (κ1) is 13.0. The van der Waals surface area contributed by atoms with Crippen LogP contribution in [-0.4, -0.2) is 41.0 Å². The van der Waals surface area contributed by atoms with E-state index in [1.165, 1.54) is 4.90 Å². The molecule has 3 rings (SSSR count). The average Bonchev–Trinajstić information content (AvgIpc) is 3.19. The first-order valence-electron chi connectivity index (χ1n) is 6.99. The maximum Gasteiger partial charge on any atom is 0.323 e. The summed E-state index contributed by atoms with van der Waals surface area (Å²) in [5.41, 5.74) is 2.24. The van der Waals surface area contributed by atoms with Gasteiger partial charge in [-0.3, -0.25) is 9.59 Å². The Morgan fingerprint density at radius 1 is 1.30 bits per heavy atom. The van der Waals surface area contributed by atoms with E-state index in [4.69, 9.17) is 5.11 Å². The summed E-state index contributed by atoms with van der Waals surface area (Å²) in [6.07, 6.45) is 2.24. The molecule has 0 bridgehead atoms. The second-order valence-corrected chi connectivity index (χ2v) is 5.52. The second kappa shape index (κ2) is 5.15. The smallest absolute Gasteiger partial charge is 0.323 e.